The SMILES string of the molecule is Cn1c(C(=O)Nc2ccc(S(N)(=O)=O)cc2)cc2ccc(Cl)cc21. The fourth-order valence-corrected chi connectivity index (χ4v) is 3.13. The molecule has 0 bridgehead atoms. The van der Waals surface area contributed by atoms with Gasteiger partial charge in [0.25, 0.3) is 5.91 Å². The number of aromatic nitrogens is 1. The molecular weight excluding hydrogens is 350 g/mol. The summed E-state index contributed by atoms with van der Waals surface area (Å²) in [6, 6.07) is 12.8. The Hall–Kier alpha value is -2.35. The van der Waals surface area contributed by atoms with Gasteiger partial charge in [0.05, 0.1) is 4.90 Å². The molecule has 1 amide bonds. The van der Waals surface area contributed by atoms with Crippen LogP contribution in [0.5, 0.6) is 0 Å². The van der Waals surface area contributed by atoms with Crippen molar-refractivity contribution in [2.45, 2.75) is 4.90 Å². The van der Waals surface area contributed by atoms with Gasteiger partial charge in [-0.05, 0) is 42.5 Å². The maximum absolute atomic E-state index is 12.5. The highest BCUT2D eigenvalue weighted by Crippen LogP contribution is 2.23. The molecule has 3 aromatic rings. The fourth-order valence-electron chi connectivity index (χ4n) is 2.44. The van der Waals surface area contributed by atoms with E-state index in [1.807, 2.05) is 6.07 Å². The molecule has 0 atom stereocenters. The molecular formula is C16H14ClN3O3S. The fraction of sp³-hybridized carbons (Fsp3) is 0.0625. The average Bonchev–Trinajstić information content (AvgIpc) is 2.84. The van der Waals surface area contributed by atoms with E-state index in [2.05, 4.69) is 5.32 Å². The molecule has 0 radical (unpaired) electrons. The molecule has 0 unspecified atom stereocenters. The van der Waals surface area contributed by atoms with Crippen LogP contribution in [0, 0.1) is 0 Å². The van der Waals surface area contributed by atoms with E-state index in [4.69, 9.17) is 16.7 Å². The van der Waals surface area contributed by atoms with Crippen LogP contribution in [0.15, 0.2) is 53.4 Å². The van der Waals surface area contributed by atoms with Crippen molar-refractivity contribution in [3.63, 3.8) is 0 Å². The van der Waals surface area contributed by atoms with E-state index in [9.17, 15) is 13.2 Å². The minimum atomic E-state index is -3.76. The van der Waals surface area contributed by atoms with Gasteiger partial charge in [-0.1, -0.05) is 17.7 Å². The third-order valence-electron chi connectivity index (χ3n) is 3.68. The van der Waals surface area contributed by atoms with Crippen molar-refractivity contribution < 1.29 is 13.2 Å². The van der Waals surface area contributed by atoms with Crippen molar-refractivity contribution in [3.05, 3.63) is 59.2 Å². The summed E-state index contributed by atoms with van der Waals surface area (Å²) in [4.78, 5) is 12.4. The standard InChI is InChI=1S/C16H14ClN3O3S/c1-20-14-9-11(17)3-2-10(14)8-15(20)16(21)19-12-4-6-13(7-5-12)24(18,22)23/h2-9H,1H3,(H,19,21)(H2,18,22,23). The zero-order valence-corrected chi connectivity index (χ0v) is 14.2. The predicted octanol–water partition coefficient (Wildman–Crippen LogP) is 2.73. The van der Waals surface area contributed by atoms with Crippen LogP contribution in [0.1, 0.15) is 10.5 Å². The van der Waals surface area contributed by atoms with E-state index >= 15 is 0 Å². The van der Waals surface area contributed by atoms with E-state index in [-0.39, 0.29) is 10.8 Å². The van der Waals surface area contributed by atoms with Crippen LogP contribution in [-0.4, -0.2) is 18.9 Å². The van der Waals surface area contributed by atoms with Gasteiger partial charge in [-0.2, -0.15) is 0 Å². The summed E-state index contributed by atoms with van der Waals surface area (Å²) in [5, 5.41) is 9.26. The molecule has 0 spiro atoms. The van der Waals surface area contributed by atoms with Crippen LogP contribution in [0.2, 0.25) is 5.02 Å². The molecule has 0 aliphatic rings. The molecule has 0 saturated carbocycles. The number of hydrogen-bond acceptors (Lipinski definition) is 3. The topological polar surface area (TPSA) is 94.2 Å². The van der Waals surface area contributed by atoms with Gasteiger partial charge >= 0.3 is 0 Å². The summed E-state index contributed by atoms with van der Waals surface area (Å²) in [5.41, 5.74) is 1.77. The highest BCUT2D eigenvalue weighted by atomic mass is 35.5. The number of primary sulfonamides is 1. The van der Waals surface area contributed by atoms with Crippen molar-refractivity contribution >= 4 is 44.1 Å². The third-order valence-corrected chi connectivity index (χ3v) is 4.85. The van der Waals surface area contributed by atoms with Gasteiger partial charge in [-0.3, -0.25) is 4.79 Å². The highest BCUT2D eigenvalue weighted by molar-refractivity contribution is 7.89. The molecule has 124 valence electrons. The second kappa shape index (κ2) is 5.94. The third kappa shape index (κ3) is 3.14. The Morgan fingerprint density at radius 2 is 1.79 bits per heavy atom. The number of aryl methyl sites for hydroxylation is 1. The van der Waals surface area contributed by atoms with Crippen molar-refractivity contribution in [1.82, 2.24) is 4.57 Å². The van der Waals surface area contributed by atoms with Gasteiger partial charge in [-0.25, -0.2) is 13.6 Å². The monoisotopic (exact) mass is 363 g/mol. The summed E-state index contributed by atoms with van der Waals surface area (Å²) in [5.74, 6) is -0.312. The zero-order valence-electron chi connectivity index (χ0n) is 12.7. The second-order valence-electron chi connectivity index (χ2n) is 5.32. The Morgan fingerprint density at radius 1 is 1.12 bits per heavy atom. The summed E-state index contributed by atoms with van der Waals surface area (Å²) < 4.78 is 24.2. The van der Waals surface area contributed by atoms with Crippen molar-refractivity contribution in [2.75, 3.05) is 5.32 Å². The van der Waals surface area contributed by atoms with Crippen molar-refractivity contribution in [1.29, 1.82) is 0 Å². The summed E-state index contributed by atoms with van der Waals surface area (Å²) >= 11 is 5.99. The van der Waals surface area contributed by atoms with Gasteiger partial charge in [-0.15, -0.1) is 0 Å². The highest BCUT2D eigenvalue weighted by Gasteiger charge is 2.14. The molecule has 8 heteroatoms. The van der Waals surface area contributed by atoms with Gasteiger partial charge in [0.2, 0.25) is 10.0 Å². The smallest absolute Gasteiger partial charge is 0.272 e. The normalized spacial score (nSPS) is 11.6. The Balaban J connectivity index is 1.89. The van der Waals surface area contributed by atoms with Gasteiger partial charge in [0, 0.05) is 28.7 Å². The lowest BCUT2D eigenvalue weighted by atomic mass is 10.2. The zero-order chi connectivity index (χ0) is 17.5. The van der Waals surface area contributed by atoms with E-state index in [0.29, 0.717) is 16.4 Å². The molecule has 3 rings (SSSR count). The number of anilines is 1. The predicted molar refractivity (Wildman–Crippen MR) is 93.7 cm³/mol. The number of nitrogens with zero attached hydrogens (tertiary/aromatic N) is 1. The molecule has 2 aromatic carbocycles. The van der Waals surface area contributed by atoms with Crippen LogP contribution in [0.25, 0.3) is 10.9 Å². The van der Waals surface area contributed by atoms with Crippen LogP contribution >= 0.6 is 11.6 Å². The van der Waals surface area contributed by atoms with Crippen LogP contribution in [0.3, 0.4) is 0 Å². The molecule has 3 N–H and O–H groups in total. The Morgan fingerprint density at radius 3 is 2.42 bits per heavy atom. The molecule has 24 heavy (non-hydrogen) atoms. The van der Waals surface area contributed by atoms with Crippen LogP contribution in [0.4, 0.5) is 5.69 Å². The minimum absolute atomic E-state index is 0.0141. The van der Waals surface area contributed by atoms with Crippen LogP contribution < -0.4 is 10.5 Å². The molecule has 0 aliphatic carbocycles. The Kier molecular flexibility index (Phi) is 4.08. The molecule has 0 aliphatic heterocycles. The number of halogens is 1. The summed E-state index contributed by atoms with van der Waals surface area (Å²) in [7, 11) is -1.98. The van der Waals surface area contributed by atoms with Gasteiger partial charge in [0.15, 0.2) is 0 Å². The number of carbonyl (C=O) groups is 1. The maximum atomic E-state index is 12.5. The second-order valence-corrected chi connectivity index (χ2v) is 7.31. The number of amides is 1. The minimum Gasteiger partial charge on any atom is -0.340 e. The first-order valence-electron chi connectivity index (χ1n) is 6.95. The molecule has 0 saturated heterocycles. The van der Waals surface area contributed by atoms with E-state index < -0.39 is 10.0 Å². The lowest BCUT2D eigenvalue weighted by Gasteiger charge is -2.07. The maximum Gasteiger partial charge on any atom is 0.272 e. The van der Waals surface area contributed by atoms with Crippen molar-refractivity contribution in [2.24, 2.45) is 12.2 Å². The van der Waals surface area contributed by atoms with Gasteiger partial charge in [0.1, 0.15) is 5.69 Å². The number of sulfonamides is 1. The van der Waals surface area contributed by atoms with Gasteiger partial charge < -0.3 is 9.88 Å². The van der Waals surface area contributed by atoms with Crippen molar-refractivity contribution in [3.8, 4) is 0 Å². The number of fused-ring (bicyclic) bond motifs is 1. The number of carbonyl (C=O) groups excluding carboxylic acids is 1. The number of nitrogens with two attached hydrogens (primary N) is 1. The number of hydrogen-bond donors (Lipinski definition) is 2. The quantitative estimate of drug-likeness (QED) is 0.749. The first-order valence-corrected chi connectivity index (χ1v) is 8.87. The lowest BCUT2D eigenvalue weighted by molar-refractivity contribution is 0.101. The number of nitrogens with one attached hydrogen (secondary N) is 1. The van der Waals surface area contributed by atoms with E-state index in [0.717, 1.165) is 10.9 Å². The molecule has 1 aromatic heterocycles. The Bertz CT molecular complexity index is 1040. The van der Waals surface area contributed by atoms with E-state index in [1.54, 1.807) is 29.8 Å². The largest absolute Gasteiger partial charge is 0.340 e. The molecule has 6 nitrogen and oxygen atoms in total. The molecule has 0 fully saturated rings. The molecule has 1 heterocycles. The first-order chi connectivity index (χ1) is 11.3. The summed E-state index contributed by atoms with van der Waals surface area (Å²) in [6.07, 6.45) is 0. The number of benzene rings is 2. The number of rotatable bonds is 3. The average molecular weight is 364 g/mol. The summed E-state index contributed by atoms with van der Waals surface area (Å²) in [6.45, 7) is 0. The van der Waals surface area contributed by atoms with E-state index in [1.165, 1.54) is 24.3 Å². The lowest BCUT2D eigenvalue weighted by Crippen LogP contribution is -2.16. The van der Waals surface area contributed by atoms with Crippen LogP contribution in [-0.2, 0) is 17.1 Å². The first kappa shape index (κ1) is 16.5. The Labute approximate surface area is 143 Å².